The van der Waals surface area contributed by atoms with E-state index in [1.165, 1.54) is 11.1 Å². The van der Waals surface area contributed by atoms with E-state index in [2.05, 4.69) is 49.5 Å². The molecule has 0 aliphatic heterocycles. The van der Waals surface area contributed by atoms with Gasteiger partial charge in [0.25, 0.3) is 0 Å². The lowest BCUT2D eigenvalue weighted by molar-refractivity contribution is -0.120. The smallest absolute Gasteiger partial charge is 0.227 e. The molecule has 1 aliphatic carbocycles. The Hall–Kier alpha value is -1.57. The molecule has 1 aromatic carbocycles. The van der Waals surface area contributed by atoms with E-state index >= 15 is 0 Å². The predicted octanol–water partition coefficient (Wildman–Crippen LogP) is 4.11. The SMILES string of the molecule is CCc1cccc(CC)c1NC(=O)C1CC=CCC1. The lowest BCUT2D eigenvalue weighted by atomic mass is 9.93. The molecule has 2 rings (SSSR count). The van der Waals surface area contributed by atoms with Gasteiger partial charge >= 0.3 is 0 Å². The molecule has 1 aromatic rings. The molecule has 0 aromatic heterocycles. The van der Waals surface area contributed by atoms with Crippen molar-refractivity contribution in [3.05, 3.63) is 41.5 Å². The fourth-order valence-corrected chi connectivity index (χ4v) is 2.66. The Morgan fingerprint density at radius 3 is 2.42 bits per heavy atom. The van der Waals surface area contributed by atoms with Gasteiger partial charge in [0.1, 0.15) is 0 Å². The number of carbonyl (C=O) groups is 1. The molecule has 19 heavy (non-hydrogen) atoms. The quantitative estimate of drug-likeness (QED) is 0.808. The van der Waals surface area contributed by atoms with Crippen LogP contribution in [0.3, 0.4) is 0 Å². The molecule has 0 saturated carbocycles. The Balaban J connectivity index is 2.17. The van der Waals surface area contributed by atoms with Gasteiger partial charge in [-0.3, -0.25) is 4.79 Å². The maximum absolute atomic E-state index is 12.4. The summed E-state index contributed by atoms with van der Waals surface area (Å²) in [5, 5.41) is 3.18. The zero-order chi connectivity index (χ0) is 13.7. The minimum absolute atomic E-state index is 0.139. The third-order valence-corrected chi connectivity index (χ3v) is 3.89. The lowest BCUT2D eigenvalue weighted by Gasteiger charge is -2.20. The van der Waals surface area contributed by atoms with Crippen LogP contribution >= 0.6 is 0 Å². The van der Waals surface area contributed by atoms with Gasteiger partial charge in [-0.2, -0.15) is 0 Å². The van der Waals surface area contributed by atoms with Crippen LogP contribution in [0.25, 0.3) is 0 Å². The van der Waals surface area contributed by atoms with Gasteiger partial charge in [0.05, 0.1) is 0 Å². The highest BCUT2D eigenvalue weighted by Crippen LogP contribution is 2.25. The van der Waals surface area contributed by atoms with Crippen LogP contribution in [-0.4, -0.2) is 5.91 Å². The highest BCUT2D eigenvalue weighted by molar-refractivity contribution is 5.94. The monoisotopic (exact) mass is 257 g/mol. The number of benzene rings is 1. The van der Waals surface area contributed by atoms with E-state index in [-0.39, 0.29) is 11.8 Å². The van der Waals surface area contributed by atoms with Gasteiger partial charge in [-0.25, -0.2) is 0 Å². The molecular weight excluding hydrogens is 234 g/mol. The first kappa shape index (κ1) is 13.9. The van der Waals surface area contributed by atoms with Gasteiger partial charge in [0.2, 0.25) is 5.91 Å². The maximum atomic E-state index is 12.4. The zero-order valence-electron chi connectivity index (χ0n) is 11.9. The maximum Gasteiger partial charge on any atom is 0.227 e. The van der Waals surface area contributed by atoms with Crippen LogP contribution in [-0.2, 0) is 17.6 Å². The van der Waals surface area contributed by atoms with Crippen molar-refractivity contribution in [2.75, 3.05) is 5.32 Å². The average Bonchev–Trinajstić information content (AvgIpc) is 2.48. The van der Waals surface area contributed by atoms with Gasteiger partial charge in [-0.15, -0.1) is 0 Å². The van der Waals surface area contributed by atoms with Crippen LogP contribution in [0, 0.1) is 5.92 Å². The highest BCUT2D eigenvalue weighted by Gasteiger charge is 2.20. The number of hydrogen-bond donors (Lipinski definition) is 1. The topological polar surface area (TPSA) is 29.1 Å². The normalized spacial score (nSPS) is 18.3. The van der Waals surface area contributed by atoms with Crippen molar-refractivity contribution in [1.29, 1.82) is 0 Å². The van der Waals surface area contributed by atoms with E-state index in [0.29, 0.717) is 0 Å². The third-order valence-electron chi connectivity index (χ3n) is 3.89. The minimum atomic E-state index is 0.139. The number of rotatable bonds is 4. The summed E-state index contributed by atoms with van der Waals surface area (Å²) >= 11 is 0. The largest absolute Gasteiger partial charge is 0.325 e. The van der Waals surface area contributed by atoms with Crippen molar-refractivity contribution < 1.29 is 4.79 Å². The van der Waals surface area contributed by atoms with E-state index < -0.39 is 0 Å². The lowest BCUT2D eigenvalue weighted by Crippen LogP contribution is -2.24. The Kier molecular flexibility index (Phi) is 4.78. The number of carbonyl (C=O) groups excluding carboxylic acids is 1. The molecule has 2 nitrogen and oxygen atoms in total. The molecule has 102 valence electrons. The Bertz CT molecular complexity index is 454. The second-order valence-corrected chi connectivity index (χ2v) is 5.13. The van der Waals surface area contributed by atoms with Gasteiger partial charge in [-0.1, -0.05) is 44.2 Å². The van der Waals surface area contributed by atoms with Crippen molar-refractivity contribution in [2.45, 2.75) is 46.0 Å². The third kappa shape index (κ3) is 3.25. The van der Waals surface area contributed by atoms with Crippen molar-refractivity contribution in [3.8, 4) is 0 Å². The standard InChI is InChI=1S/C17H23NO/c1-3-13-11-8-12-14(4-2)16(13)18-17(19)15-9-6-5-7-10-15/h5-6,8,11-12,15H,3-4,7,9-10H2,1-2H3,(H,18,19). The molecule has 0 saturated heterocycles. The van der Waals surface area contributed by atoms with Gasteiger partial charge in [-0.05, 0) is 43.2 Å². The van der Waals surface area contributed by atoms with E-state index in [1.54, 1.807) is 0 Å². The Labute approximate surface area is 115 Å². The van der Waals surface area contributed by atoms with Crippen LogP contribution in [0.15, 0.2) is 30.4 Å². The summed E-state index contributed by atoms with van der Waals surface area (Å²) in [6, 6.07) is 6.29. The van der Waals surface area contributed by atoms with E-state index in [9.17, 15) is 4.79 Å². The first-order valence-electron chi connectivity index (χ1n) is 7.32. The van der Waals surface area contributed by atoms with Crippen LogP contribution < -0.4 is 5.32 Å². The molecule has 0 heterocycles. The molecule has 2 heteroatoms. The summed E-state index contributed by atoms with van der Waals surface area (Å²) in [7, 11) is 0. The zero-order valence-corrected chi connectivity index (χ0v) is 11.9. The van der Waals surface area contributed by atoms with Crippen LogP contribution in [0.1, 0.15) is 44.2 Å². The number of hydrogen-bond acceptors (Lipinski definition) is 1. The van der Waals surface area contributed by atoms with Gasteiger partial charge in [0.15, 0.2) is 0 Å². The summed E-state index contributed by atoms with van der Waals surface area (Å²) in [6.45, 7) is 4.27. The Morgan fingerprint density at radius 2 is 1.89 bits per heavy atom. The fraction of sp³-hybridized carbons (Fsp3) is 0.471. The molecule has 0 fully saturated rings. The number of para-hydroxylation sites is 1. The van der Waals surface area contributed by atoms with Gasteiger partial charge in [0, 0.05) is 11.6 Å². The second-order valence-electron chi connectivity index (χ2n) is 5.13. The minimum Gasteiger partial charge on any atom is -0.325 e. The second kappa shape index (κ2) is 6.55. The Morgan fingerprint density at radius 1 is 1.21 bits per heavy atom. The molecule has 1 unspecified atom stereocenters. The molecular formula is C17H23NO. The number of allylic oxidation sites excluding steroid dienone is 2. The molecule has 0 bridgehead atoms. The summed E-state index contributed by atoms with van der Waals surface area (Å²) in [5.41, 5.74) is 3.52. The molecule has 1 N–H and O–H groups in total. The van der Waals surface area contributed by atoms with Crippen LogP contribution in [0.5, 0.6) is 0 Å². The summed E-state index contributed by atoms with van der Waals surface area (Å²) in [6.07, 6.45) is 9.07. The van der Waals surface area contributed by atoms with Crippen LogP contribution in [0.2, 0.25) is 0 Å². The summed E-state index contributed by atoms with van der Waals surface area (Å²) in [5.74, 6) is 0.319. The number of amides is 1. The number of anilines is 1. The summed E-state index contributed by atoms with van der Waals surface area (Å²) < 4.78 is 0. The van der Waals surface area contributed by atoms with Crippen molar-refractivity contribution in [2.24, 2.45) is 5.92 Å². The molecule has 1 atom stereocenters. The van der Waals surface area contributed by atoms with Crippen molar-refractivity contribution >= 4 is 11.6 Å². The predicted molar refractivity (Wildman–Crippen MR) is 80.3 cm³/mol. The van der Waals surface area contributed by atoms with E-state index in [0.717, 1.165) is 37.8 Å². The summed E-state index contributed by atoms with van der Waals surface area (Å²) in [4.78, 5) is 12.4. The van der Waals surface area contributed by atoms with Gasteiger partial charge < -0.3 is 5.32 Å². The van der Waals surface area contributed by atoms with E-state index in [4.69, 9.17) is 0 Å². The molecule has 0 spiro atoms. The number of aryl methyl sites for hydroxylation is 2. The van der Waals surface area contributed by atoms with E-state index in [1.807, 2.05) is 0 Å². The van der Waals surface area contributed by atoms with Crippen molar-refractivity contribution in [3.63, 3.8) is 0 Å². The fourth-order valence-electron chi connectivity index (χ4n) is 2.66. The first-order chi connectivity index (χ1) is 9.26. The van der Waals surface area contributed by atoms with Crippen LogP contribution in [0.4, 0.5) is 5.69 Å². The number of nitrogens with one attached hydrogen (secondary N) is 1. The van der Waals surface area contributed by atoms with Crippen molar-refractivity contribution in [1.82, 2.24) is 0 Å². The molecule has 1 aliphatic rings. The average molecular weight is 257 g/mol. The molecule has 1 amide bonds. The highest BCUT2D eigenvalue weighted by atomic mass is 16.1. The molecule has 0 radical (unpaired) electrons. The first-order valence-corrected chi connectivity index (χ1v) is 7.32.